The highest BCUT2D eigenvalue weighted by Crippen LogP contribution is 2.36. The molecule has 1 saturated heterocycles. The van der Waals surface area contributed by atoms with Gasteiger partial charge in [-0.05, 0) is 25.0 Å². The minimum Gasteiger partial charge on any atom is -0.486 e. The SMILES string of the molecule is O=C(O[C@H](C(=O)NC1CC1)c1ccccc1)[C@H]1CC(=O)N(c2ccc3c(c2)OCCO3)C1. The van der Waals surface area contributed by atoms with Gasteiger partial charge in [0.2, 0.25) is 12.0 Å². The Hall–Kier alpha value is -3.55. The summed E-state index contributed by atoms with van der Waals surface area (Å²) in [6.07, 6.45) is 0.854. The number of hydrogen-bond acceptors (Lipinski definition) is 6. The van der Waals surface area contributed by atoms with E-state index < -0.39 is 18.0 Å². The van der Waals surface area contributed by atoms with Crippen molar-refractivity contribution >= 4 is 23.5 Å². The molecule has 3 aliphatic rings. The van der Waals surface area contributed by atoms with Gasteiger partial charge in [-0.2, -0.15) is 0 Å². The molecule has 2 heterocycles. The summed E-state index contributed by atoms with van der Waals surface area (Å²) in [6, 6.07) is 14.4. The lowest BCUT2D eigenvalue weighted by molar-refractivity contribution is -0.160. The van der Waals surface area contributed by atoms with Crippen LogP contribution >= 0.6 is 0 Å². The number of fused-ring (bicyclic) bond motifs is 1. The van der Waals surface area contributed by atoms with Gasteiger partial charge in [0, 0.05) is 36.3 Å². The number of benzene rings is 2. The molecule has 166 valence electrons. The molecule has 1 aliphatic carbocycles. The van der Waals surface area contributed by atoms with Crippen molar-refractivity contribution in [3.05, 3.63) is 54.1 Å². The first-order chi connectivity index (χ1) is 15.6. The van der Waals surface area contributed by atoms with E-state index in [1.165, 1.54) is 0 Å². The normalized spacial score (nSPS) is 20.6. The zero-order valence-corrected chi connectivity index (χ0v) is 17.5. The van der Waals surface area contributed by atoms with Crippen LogP contribution < -0.4 is 19.7 Å². The van der Waals surface area contributed by atoms with E-state index in [1.54, 1.807) is 47.4 Å². The summed E-state index contributed by atoms with van der Waals surface area (Å²) in [4.78, 5) is 39.9. The molecule has 0 unspecified atom stereocenters. The molecule has 8 heteroatoms. The molecular weight excluding hydrogens is 412 g/mol. The number of ether oxygens (including phenoxy) is 3. The van der Waals surface area contributed by atoms with Crippen molar-refractivity contribution in [2.75, 3.05) is 24.7 Å². The second-order valence-electron chi connectivity index (χ2n) is 8.24. The van der Waals surface area contributed by atoms with Crippen molar-refractivity contribution in [2.45, 2.75) is 31.4 Å². The Morgan fingerprint density at radius 3 is 2.53 bits per heavy atom. The Balaban J connectivity index is 1.29. The van der Waals surface area contributed by atoms with Gasteiger partial charge in [-0.15, -0.1) is 0 Å². The van der Waals surface area contributed by atoms with Crippen LogP contribution in [0, 0.1) is 5.92 Å². The molecule has 2 amide bonds. The highest BCUT2D eigenvalue weighted by atomic mass is 16.6. The minimum absolute atomic E-state index is 0.0268. The van der Waals surface area contributed by atoms with Crippen molar-refractivity contribution in [3.63, 3.8) is 0 Å². The second kappa shape index (κ2) is 8.53. The van der Waals surface area contributed by atoms with Gasteiger partial charge in [0.05, 0.1) is 5.92 Å². The van der Waals surface area contributed by atoms with E-state index in [2.05, 4.69) is 5.32 Å². The van der Waals surface area contributed by atoms with Crippen LogP contribution in [0.4, 0.5) is 5.69 Å². The number of carbonyl (C=O) groups excluding carboxylic acids is 3. The number of rotatable bonds is 6. The summed E-state index contributed by atoms with van der Waals surface area (Å²) in [7, 11) is 0. The van der Waals surface area contributed by atoms with Gasteiger partial charge in [-0.25, -0.2) is 0 Å². The molecule has 1 saturated carbocycles. The van der Waals surface area contributed by atoms with E-state index in [0.29, 0.717) is 36.0 Å². The average molecular weight is 436 g/mol. The van der Waals surface area contributed by atoms with Gasteiger partial charge in [0.25, 0.3) is 5.91 Å². The fourth-order valence-corrected chi connectivity index (χ4v) is 3.93. The van der Waals surface area contributed by atoms with E-state index in [4.69, 9.17) is 14.2 Å². The molecule has 2 aromatic carbocycles. The van der Waals surface area contributed by atoms with Gasteiger partial charge >= 0.3 is 5.97 Å². The van der Waals surface area contributed by atoms with Crippen LogP contribution in [0.5, 0.6) is 11.5 Å². The van der Waals surface area contributed by atoms with Crippen molar-refractivity contribution < 1.29 is 28.6 Å². The van der Waals surface area contributed by atoms with E-state index in [-0.39, 0.29) is 30.8 Å². The molecule has 5 rings (SSSR count). The number of hydrogen-bond donors (Lipinski definition) is 1. The second-order valence-corrected chi connectivity index (χ2v) is 8.24. The Bertz CT molecular complexity index is 1040. The zero-order valence-electron chi connectivity index (χ0n) is 17.5. The van der Waals surface area contributed by atoms with E-state index in [9.17, 15) is 14.4 Å². The average Bonchev–Trinajstić information content (AvgIpc) is 3.55. The monoisotopic (exact) mass is 436 g/mol. The topological polar surface area (TPSA) is 94.2 Å². The lowest BCUT2D eigenvalue weighted by Crippen LogP contribution is -2.35. The smallest absolute Gasteiger partial charge is 0.312 e. The summed E-state index contributed by atoms with van der Waals surface area (Å²) in [5, 5.41) is 2.90. The molecule has 2 aromatic rings. The van der Waals surface area contributed by atoms with Crippen molar-refractivity contribution in [3.8, 4) is 11.5 Å². The first kappa shape index (κ1) is 20.4. The summed E-state index contributed by atoms with van der Waals surface area (Å²) in [5.74, 6) is -0.514. The van der Waals surface area contributed by atoms with Gasteiger partial charge in [-0.3, -0.25) is 14.4 Å². The first-order valence-electron chi connectivity index (χ1n) is 10.8. The number of nitrogens with one attached hydrogen (secondary N) is 1. The number of anilines is 1. The standard InChI is InChI=1S/C24H24N2O6/c27-21-12-16(14-26(21)18-8-9-19-20(13-18)31-11-10-30-19)24(29)32-22(15-4-2-1-3-5-15)23(28)25-17-6-7-17/h1-5,8-9,13,16-17,22H,6-7,10-12,14H2,(H,25,28)/t16-,22-/m0/s1. The molecule has 0 bridgehead atoms. The third kappa shape index (κ3) is 4.26. The number of carbonyl (C=O) groups is 3. The first-order valence-corrected chi connectivity index (χ1v) is 10.8. The Morgan fingerprint density at radius 1 is 1.03 bits per heavy atom. The van der Waals surface area contributed by atoms with Crippen LogP contribution in [-0.2, 0) is 19.1 Å². The molecule has 2 atom stereocenters. The van der Waals surface area contributed by atoms with Gasteiger partial charge < -0.3 is 24.4 Å². The lowest BCUT2D eigenvalue weighted by atomic mass is 10.1. The van der Waals surface area contributed by atoms with Crippen LogP contribution in [-0.4, -0.2) is 43.6 Å². The molecule has 2 aliphatic heterocycles. The van der Waals surface area contributed by atoms with Crippen molar-refractivity contribution in [2.24, 2.45) is 5.92 Å². The summed E-state index contributed by atoms with van der Waals surface area (Å²) >= 11 is 0. The predicted octanol–water partition coefficient (Wildman–Crippen LogP) is 2.37. The largest absolute Gasteiger partial charge is 0.486 e. The van der Waals surface area contributed by atoms with Gasteiger partial charge in [0.15, 0.2) is 11.5 Å². The van der Waals surface area contributed by atoms with Crippen molar-refractivity contribution in [1.29, 1.82) is 0 Å². The molecule has 32 heavy (non-hydrogen) atoms. The number of esters is 1. The number of nitrogens with zero attached hydrogens (tertiary/aromatic N) is 1. The summed E-state index contributed by atoms with van der Waals surface area (Å²) < 4.78 is 16.8. The summed E-state index contributed by atoms with van der Waals surface area (Å²) in [6.45, 7) is 1.12. The fraction of sp³-hybridized carbons (Fsp3) is 0.375. The molecule has 1 N–H and O–H groups in total. The van der Waals surface area contributed by atoms with Crippen LogP contribution in [0.1, 0.15) is 30.9 Å². The van der Waals surface area contributed by atoms with Gasteiger partial charge in [-0.1, -0.05) is 30.3 Å². The minimum atomic E-state index is -1.04. The molecule has 2 fully saturated rings. The van der Waals surface area contributed by atoms with E-state index >= 15 is 0 Å². The van der Waals surface area contributed by atoms with Crippen molar-refractivity contribution in [1.82, 2.24) is 5.32 Å². The predicted molar refractivity (Wildman–Crippen MR) is 114 cm³/mol. The fourth-order valence-electron chi connectivity index (χ4n) is 3.93. The number of amides is 2. The maximum absolute atomic E-state index is 13.0. The Morgan fingerprint density at radius 2 is 1.78 bits per heavy atom. The third-order valence-corrected chi connectivity index (χ3v) is 5.79. The van der Waals surface area contributed by atoms with E-state index in [0.717, 1.165) is 12.8 Å². The van der Waals surface area contributed by atoms with Gasteiger partial charge in [0.1, 0.15) is 13.2 Å². The van der Waals surface area contributed by atoms with E-state index in [1.807, 2.05) is 6.07 Å². The molecular formula is C24H24N2O6. The zero-order chi connectivity index (χ0) is 22.1. The molecule has 0 aromatic heterocycles. The highest BCUT2D eigenvalue weighted by molar-refractivity contribution is 6.00. The highest BCUT2D eigenvalue weighted by Gasteiger charge is 2.39. The summed E-state index contributed by atoms with van der Waals surface area (Å²) in [5.41, 5.74) is 1.24. The Labute approximate surface area is 185 Å². The van der Waals surface area contributed by atoms with Crippen LogP contribution in [0.3, 0.4) is 0 Å². The maximum Gasteiger partial charge on any atom is 0.312 e. The molecule has 0 spiro atoms. The Kier molecular flexibility index (Phi) is 5.43. The maximum atomic E-state index is 13.0. The van der Waals surface area contributed by atoms with Crippen LogP contribution in [0.2, 0.25) is 0 Å². The third-order valence-electron chi connectivity index (χ3n) is 5.79. The van der Waals surface area contributed by atoms with Crippen LogP contribution in [0.15, 0.2) is 48.5 Å². The molecule has 0 radical (unpaired) electrons. The quantitative estimate of drug-likeness (QED) is 0.699. The van der Waals surface area contributed by atoms with Crippen LogP contribution in [0.25, 0.3) is 0 Å². The molecule has 8 nitrogen and oxygen atoms in total. The lowest BCUT2D eigenvalue weighted by Gasteiger charge is -2.22.